The van der Waals surface area contributed by atoms with E-state index in [1.807, 2.05) is 12.1 Å². The van der Waals surface area contributed by atoms with Crippen LogP contribution in [0.5, 0.6) is 5.75 Å². The van der Waals surface area contributed by atoms with Crippen LogP contribution in [0.1, 0.15) is 15.9 Å². The van der Waals surface area contributed by atoms with Crippen LogP contribution in [-0.2, 0) is 14.8 Å². The van der Waals surface area contributed by atoms with Crippen LogP contribution >= 0.6 is 0 Å². The summed E-state index contributed by atoms with van der Waals surface area (Å²) >= 11 is 0. The molecule has 8 nitrogen and oxygen atoms in total. The van der Waals surface area contributed by atoms with Gasteiger partial charge in [0, 0.05) is 18.0 Å². The van der Waals surface area contributed by atoms with Gasteiger partial charge < -0.3 is 14.4 Å². The summed E-state index contributed by atoms with van der Waals surface area (Å²) in [6.45, 7) is 0.167. The third-order valence-corrected chi connectivity index (χ3v) is 6.03. The van der Waals surface area contributed by atoms with E-state index >= 15 is 0 Å². The Morgan fingerprint density at radius 2 is 1.71 bits per heavy atom. The number of benzene rings is 2. The predicted molar refractivity (Wildman–Crippen MR) is 115 cm³/mol. The molecule has 2 heterocycles. The number of para-hydroxylation sites is 2. The highest BCUT2D eigenvalue weighted by molar-refractivity contribution is 7.90. The van der Waals surface area contributed by atoms with E-state index in [1.54, 1.807) is 47.4 Å². The maximum atomic E-state index is 12.6. The molecule has 0 bridgehead atoms. The van der Waals surface area contributed by atoms with Gasteiger partial charge in [0.1, 0.15) is 17.3 Å². The summed E-state index contributed by atoms with van der Waals surface area (Å²) in [4.78, 5) is 18.0. The Morgan fingerprint density at radius 3 is 2.48 bits per heavy atom. The van der Waals surface area contributed by atoms with Crippen LogP contribution in [-0.4, -0.2) is 45.5 Å². The summed E-state index contributed by atoms with van der Waals surface area (Å²) < 4.78 is 40.0. The molecule has 0 aliphatic carbocycles. The fraction of sp³-hybridized carbons (Fsp3) is 0.136. The lowest BCUT2D eigenvalue weighted by Gasteiger charge is -2.26. The molecule has 1 aliphatic heterocycles. The van der Waals surface area contributed by atoms with Crippen LogP contribution in [0.2, 0.25) is 0 Å². The molecule has 2 aromatic carbocycles. The third-order valence-electron chi connectivity index (χ3n) is 4.71. The molecule has 9 heteroatoms. The molecule has 0 unspecified atom stereocenters. The number of esters is 1. The number of carbonyl (C=O) groups excluding carboxylic acids is 1. The smallest absolute Gasteiger partial charge is 0.338 e. The molecule has 0 spiro atoms. The van der Waals surface area contributed by atoms with E-state index in [4.69, 9.17) is 9.47 Å². The van der Waals surface area contributed by atoms with Gasteiger partial charge in [-0.05, 0) is 36.4 Å². The summed E-state index contributed by atoms with van der Waals surface area (Å²) in [6.07, 6.45) is 3.01. The maximum Gasteiger partial charge on any atom is 0.338 e. The number of carbonyl (C=O) groups is 1. The first-order valence-electron chi connectivity index (χ1n) is 9.43. The first-order chi connectivity index (χ1) is 15.0. The van der Waals surface area contributed by atoms with Gasteiger partial charge in [0.2, 0.25) is 0 Å². The average Bonchev–Trinajstić information content (AvgIpc) is 3.08. The molecular formula is C22H19N3O5S. The lowest BCUT2D eigenvalue weighted by Crippen LogP contribution is -2.34. The Hall–Kier alpha value is -3.72. The molecule has 4 rings (SSSR count). The molecule has 0 saturated heterocycles. The van der Waals surface area contributed by atoms with Gasteiger partial charge in [-0.3, -0.25) is 4.98 Å². The fourth-order valence-corrected chi connectivity index (χ4v) is 4.49. The van der Waals surface area contributed by atoms with Gasteiger partial charge in [-0.15, -0.1) is 4.40 Å². The minimum absolute atomic E-state index is 0.000436. The molecule has 1 aliphatic rings. The van der Waals surface area contributed by atoms with Gasteiger partial charge in [-0.25, -0.2) is 4.79 Å². The van der Waals surface area contributed by atoms with Crippen molar-refractivity contribution >= 4 is 27.5 Å². The fourth-order valence-electron chi connectivity index (χ4n) is 3.28. The molecule has 0 atom stereocenters. The number of pyridine rings is 1. The second-order valence-electron chi connectivity index (χ2n) is 6.58. The highest BCUT2D eigenvalue weighted by Crippen LogP contribution is 2.34. The number of rotatable bonds is 6. The van der Waals surface area contributed by atoms with Crippen LogP contribution in [0.15, 0.2) is 82.4 Å². The second kappa shape index (κ2) is 8.57. The summed E-state index contributed by atoms with van der Waals surface area (Å²) in [5.74, 6) is 0.288. The monoisotopic (exact) mass is 437 g/mol. The van der Waals surface area contributed by atoms with Crippen molar-refractivity contribution in [3.63, 3.8) is 0 Å². The predicted octanol–water partition coefficient (Wildman–Crippen LogP) is 2.90. The quantitative estimate of drug-likeness (QED) is 0.547. The summed E-state index contributed by atoms with van der Waals surface area (Å²) in [7, 11) is -2.29. The van der Waals surface area contributed by atoms with Crippen molar-refractivity contribution in [3.8, 4) is 5.75 Å². The Labute approximate surface area is 179 Å². The van der Waals surface area contributed by atoms with Crippen molar-refractivity contribution < 1.29 is 22.7 Å². The Morgan fingerprint density at radius 1 is 1.00 bits per heavy atom. The molecule has 0 amide bonds. The Bertz CT molecular complexity index is 1240. The molecule has 31 heavy (non-hydrogen) atoms. The van der Waals surface area contributed by atoms with E-state index in [0.717, 1.165) is 0 Å². The van der Waals surface area contributed by atoms with Gasteiger partial charge in [0.25, 0.3) is 10.0 Å². The minimum Gasteiger partial charge on any atom is -0.495 e. The van der Waals surface area contributed by atoms with Crippen molar-refractivity contribution in [1.29, 1.82) is 0 Å². The highest BCUT2D eigenvalue weighted by Gasteiger charge is 2.33. The van der Waals surface area contributed by atoms with Crippen molar-refractivity contribution in [1.82, 2.24) is 4.98 Å². The number of ether oxygens (including phenoxy) is 2. The van der Waals surface area contributed by atoms with Gasteiger partial charge in [-0.2, -0.15) is 8.42 Å². The molecule has 0 saturated carbocycles. The summed E-state index contributed by atoms with van der Waals surface area (Å²) in [5, 5.41) is 0. The molecule has 0 fully saturated rings. The number of fused-ring (bicyclic) bond motifs is 1. The van der Waals surface area contributed by atoms with E-state index in [1.165, 1.54) is 25.6 Å². The number of nitrogens with zero attached hydrogens (tertiary/aromatic N) is 3. The number of sulfonamides is 1. The number of hydrogen-bond acceptors (Lipinski definition) is 7. The van der Waals surface area contributed by atoms with Crippen LogP contribution in [0.3, 0.4) is 0 Å². The Kier molecular flexibility index (Phi) is 5.68. The second-order valence-corrected chi connectivity index (χ2v) is 8.15. The number of hydrogen-bond donors (Lipinski definition) is 0. The van der Waals surface area contributed by atoms with Crippen molar-refractivity contribution in [2.75, 3.05) is 25.2 Å². The summed E-state index contributed by atoms with van der Waals surface area (Å²) in [6, 6.07) is 16.9. The van der Waals surface area contributed by atoms with Crippen molar-refractivity contribution in [2.45, 2.75) is 4.90 Å². The largest absolute Gasteiger partial charge is 0.495 e. The molecule has 0 N–H and O–H groups in total. The molecule has 1 aromatic heterocycles. The van der Waals surface area contributed by atoms with Crippen LogP contribution in [0, 0.1) is 0 Å². The van der Waals surface area contributed by atoms with Gasteiger partial charge in [0.05, 0.1) is 24.9 Å². The number of aromatic nitrogens is 1. The third kappa shape index (κ3) is 4.13. The van der Waals surface area contributed by atoms with E-state index < -0.39 is 16.0 Å². The van der Waals surface area contributed by atoms with Crippen LogP contribution in [0.4, 0.5) is 5.69 Å². The van der Waals surface area contributed by atoms with Crippen LogP contribution < -0.4 is 9.64 Å². The number of amidine groups is 1. The Balaban J connectivity index is 1.66. The SMILES string of the molecule is COc1ccccc1N(CCOC(=O)c1ccncc1)C1=NS(=O)(=O)c2ccccc21. The van der Waals surface area contributed by atoms with Gasteiger partial charge in [0.15, 0.2) is 5.84 Å². The van der Waals surface area contributed by atoms with E-state index in [9.17, 15) is 13.2 Å². The van der Waals surface area contributed by atoms with E-state index in [2.05, 4.69) is 9.38 Å². The summed E-state index contributed by atoms with van der Waals surface area (Å²) in [5.41, 5.74) is 1.47. The minimum atomic E-state index is -3.82. The molecule has 158 valence electrons. The lowest BCUT2D eigenvalue weighted by molar-refractivity contribution is 0.0517. The molecule has 0 radical (unpaired) electrons. The van der Waals surface area contributed by atoms with Crippen molar-refractivity contribution in [2.24, 2.45) is 4.40 Å². The number of methoxy groups -OCH3 is 1. The van der Waals surface area contributed by atoms with E-state index in [0.29, 0.717) is 22.6 Å². The van der Waals surface area contributed by atoms with Gasteiger partial charge in [-0.1, -0.05) is 24.3 Å². The average molecular weight is 437 g/mol. The first-order valence-corrected chi connectivity index (χ1v) is 10.9. The first kappa shape index (κ1) is 20.5. The zero-order valence-corrected chi connectivity index (χ0v) is 17.5. The normalized spacial score (nSPS) is 13.8. The van der Waals surface area contributed by atoms with Gasteiger partial charge >= 0.3 is 5.97 Å². The lowest BCUT2D eigenvalue weighted by atomic mass is 10.1. The standard InChI is InChI=1S/C22H19N3O5S/c1-29-19-8-4-3-7-18(19)25(14-15-30-22(26)16-10-12-23-13-11-16)21-17-6-2-5-9-20(17)31(27,28)24-21/h2-13H,14-15H2,1H3. The maximum absolute atomic E-state index is 12.6. The molecule has 3 aromatic rings. The zero-order valence-electron chi connectivity index (χ0n) is 16.6. The topological polar surface area (TPSA) is 98.2 Å². The highest BCUT2D eigenvalue weighted by atomic mass is 32.2. The number of anilines is 1. The van der Waals surface area contributed by atoms with Crippen LogP contribution in [0.25, 0.3) is 0 Å². The van der Waals surface area contributed by atoms with E-state index in [-0.39, 0.29) is 23.9 Å². The van der Waals surface area contributed by atoms with Crippen molar-refractivity contribution in [3.05, 3.63) is 84.2 Å². The molecular weight excluding hydrogens is 418 g/mol. The zero-order chi connectivity index (χ0) is 21.8.